The number of phenolic OH excluding ortho intramolecular Hbond substituents is 2. The number of carbonyl (C=O) groups is 2. The molecule has 7 heteroatoms. The van der Waals surface area contributed by atoms with E-state index in [1.54, 1.807) is 0 Å². The number of carboxylic acids is 1. The van der Waals surface area contributed by atoms with Gasteiger partial charge in [0.15, 0.2) is 0 Å². The number of aromatic hydroxyl groups is 2. The van der Waals surface area contributed by atoms with Crippen molar-refractivity contribution in [3.8, 4) is 11.5 Å². The van der Waals surface area contributed by atoms with Gasteiger partial charge in [0.05, 0.1) is 10.9 Å². The first kappa shape index (κ1) is 15.5. The zero-order chi connectivity index (χ0) is 15.7. The molecule has 0 aromatic heterocycles. The highest BCUT2D eigenvalue weighted by Crippen LogP contribution is 2.36. The summed E-state index contributed by atoms with van der Waals surface area (Å²) in [6, 6.07) is 2.69. The van der Waals surface area contributed by atoms with Gasteiger partial charge in [-0.1, -0.05) is 13.8 Å². The van der Waals surface area contributed by atoms with Crippen LogP contribution in [-0.2, 0) is 4.79 Å². The smallest absolute Gasteiger partial charge is 0.327 e. The molecule has 1 aromatic rings. The summed E-state index contributed by atoms with van der Waals surface area (Å²) in [7, 11) is 0. The van der Waals surface area contributed by atoms with Crippen LogP contribution >= 0.6 is 11.8 Å². The number of hydrogen-bond acceptors (Lipinski definition) is 5. The highest BCUT2D eigenvalue weighted by atomic mass is 32.2. The highest BCUT2D eigenvalue weighted by Gasteiger charge is 2.43. The lowest BCUT2D eigenvalue weighted by Gasteiger charge is -2.30. The molecule has 1 aliphatic heterocycles. The summed E-state index contributed by atoms with van der Waals surface area (Å²) in [6.45, 7) is 3.81. The summed E-state index contributed by atoms with van der Waals surface area (Å²) < 4.78 is 0. The molecule has 1 aliphatic rings. The second-order valence-corrected chi connectivity index (χ2v) is 6.39. The third-order valence-corrected chi connectivity index (χ3v) is 4.96. The Bertz CT molecular complexity index is 574. The summed E-state index contributed by atoms with van der Waals surface area (Å²) in [5.41, 5.74) is -0.0885. The molecule has 1 heterocycles. The van der Waals surface area contributed by atoms with Gasteiger partial charge in [-0.25, -0.2) is 4.79 Å². The van der Waals surface area contributed by atoms with E-state index in [1.165, 1.54) is 28.8 Å². The molecule has 2 atom stereocenters. The molecule has 1 aromatic carbocycles. The summed E-state index contributed by atoms with van der Waals surface area (Å²) in [6.07, 6.45) is 0. The quantitative estimate of drug-likeness (QED) is 0.735. The molecule has 3 N–H and O–H groups in total. The third-order valence-electron chi connectivity index (χ3n) is 3.34. The van der Waals surface area contributed by atoms with Gasteiger partial charge < -0.3 is 20.2 Å². The number of carboxylic acid groups (broad SMARTS) is 1. The number of aliphatic carboxylic acids is 1. The van der Waals surface area contributed by atoms with Gasteiger partial charge in [-0.05, 0) is 24.1 Å². The molecule has 21 heavy (non-hydrogen) atoms. The number of carbonyl (C=O) groups excluding carboxylic acids is 1. The van der Waals surface area contributed by atoms with Crippen molar-refractivity contribution in [3.05, 3.63) is 23.8 Å². The van der Waals surface area contributed by atoms with Gasteiger partial charge in [-0.15, -0.1) is 11.8 Å². The fourth-order valence-corrected chi connectivity index (χ4v) is 3.79. The minimum atomic E-state index is -1.07. The predicted molar refractivity (Wildman–Crippen MR) is 78.4 cm³/mol. The molecule has 0 radical (unpaired) electrons. The topological polar surface area (TPSA) is 98.1 Å². The van der Waals surface area contributed by atoms with Gasteiger partial charge in [-0.3, -0.25) is 4.79 Å². The number of hydrogen-bond donors (Lipinski definition) is 3. The van der Waals surface area contributed by atoms with E-state index in [0.29, 0.717) is 5.75 Å². The van der Waals surface area contributed by atoms with Crippen molar-refractivity contribution < 1.29 is 24.9 Å². The number of nitrogens with zero attached hydrogens (tertiary/aromatic N) is 1. The Morgan fingerprint density at radius 3 is 2.57 bits per heavy atom. The van der Waals surface area contributed by atoms with E-state index < -0.39 is 17.9 Å². The molecule has 0 saturated carbocycles. The summed E-state index contributed by atoms with van der Waals surface area (Å²) in [4.78, 5) is 25.3. The Morgan fingerprint density at radius 1 is 1.33 bits per heavy atom. The highest BCUT2D eigenvalue weighted by molar-refractivity contribution is 8.00. The van der Waals surface area contributed by atoms with Crippen LogP contribution in [0.25, 0.3) is 0 Å². The number of thioether (sulfide) groups is 1. The van der Waals surface area contributed by atoms with Gasteiger partial charge in [0, 0.05) is 5.75 Å². The Kier molecular flexibility index (Phi) is 4.32. The zero-order valence-electron chi connectivity index (χ0n) is 11.7. The van der Waals surface area contributed by atoms with Crippen LogP contribution in [0.5, 0.6) is 11.5 Å². The van der Waals surface area contributed by atoms with Gasteiger partial charge in [-0.2, -0.15) is 0 Å². The molecule has 114 valence electrons. The van der Waals surface area contributed by atoms with E-state index in [-0.39, 0.29) is 28.4 Å². The first-order valence-electron chi connectivity index (χ1n) is 6.52. The Morgan fingerprint density at radius 2 is 2.00 bits per heavy atom. The van der Waals surface area contributed by atoms with Crippen LogP contribution in [0.1, 0.15) is 24.2 Å². The molecule has 0 spiro atoms. The molecule has 1 saturated heterocycles. The van der Waals surface area contributed by atoms with Crippen molar-refractivity contribution in [2.75, 3.05) is 5.75 Å². The van der Waals surface area contributed by atoms with E-state index in [9.17, 15) is 24.9 Å². The lowest BCUT2D eigenvalue weighted by atomic mass is 10.1. The number of amides is 1. The molecule has 0 bridgehead atoms. The van der Waals surface area contributed by atoms with Gasteiger partial charge >= 0.3 is 5.97 Å². The van der Waals surface area contributed by atoms with Crippen molar-refractivity contribution in [1.82, 2.24) is 4.90 Å². The average Bonchev–Trinajstić information content (AvgIpc) is 2.85. The first-order chi connectivity index (χ1) is 9.82. The molecule has 1 amide bonds. The second-order valence-electron chi connectivity index (χ2n) is 5.24. The molecule has 2 unspecified atom stereocenters. The Labute approximate surface area is 126 Å². The number of rotatable bonds is 3. The van der Waals surface area contributed by atoms with Crippen molar-refractivity contribution in [2.45, 2.75) is 25.3 Å². The summed E-state index contributed by atoms with van der Waals surface area (Å²) in [5, 5.41) is 28.3. The van der Waals surface area contributed by atoms with E-state index in [0.717, 1.165) is 6.07 Å². The van der Waals surface area contributed by atoms with Crippen molar-refractivity contribution in [1.29, 1.82) is 0 Å². The Hall–Kier alpha value is -1.89. The van der Waals surface area contributed by atoms with Gasteiger partial charge in [0.1, 0.15) is 17.5 Å². The maximum absolute atomic E-state index is 12.6. The van der Waals surface area contributed by atoms with E-state index in [1.807, 2.05) is 13.8 Å². The van der Waals surface area contributed by atoms with Crippen molar-refractivity contribution in [2.24, 2.45) is 5.92 Å². The first-order valence-corrected chi connectivity index (χ1v) is 7.57. The maximum atomic E-state index is 12.6. The minimum absolute atomic E-state index is 0.0720. The van der Waals surface area contributed by atoms with E-state index in [4.69, 9.17) is 0 Å². The van der Waals surface area contributed by atoms with Crippen LogP contribution in [0, 0.1) is 5.92 Å². The van der Waals surface area contributed by atoms with E-state index in [2.05, 4.69) is 0 Å². The van der Waals surface area contributed by atoms with E-state index >= 15 is 0 Å². The van der Waals surface area contributed by atoms with Crippen LogP contribution in [0.15, 0.2) is 18.2 Å². The molecule has 0 aliphatic carbocycles. The second kappa shape index (κ2) is 5.85. The fourth-order valence-electron chi connectivity index (χ4n) is 2.32. The van der Waals surface area contributed by atoms with Crippen LogP contribution < -0.4 is 0 Å². The number of benzene rings is 1. The predicted octanol–water partition coefficient (Wildman–Crippen LogP) is 1.72. The SMILES string of the molecule is CC(C)C1SCC(C(=O)O)N1C(=O)c1cc(O)ccc1O. The van der Waals surface area contributed by atoms with Crippen LogP contribution in [-0.4, -0.2) is 49.3 Å². The standard InChI is InChI=1S/C14H17NO5S/c1-7(2)13-15(10(6-21-13)14(19)20)12(18)9-5-8(16)3-4-11(9)17/h3-5,7,10,13,16-17H,6H2,1-2H3,(H,19,20). The maximum Gasteiger partial charge on any atom is 0.327 e. The van der Waals surface area contributed by atoms with Gasteiger partial charge in [0.2, 0.25) is 0 Å². The lowest BCUT2D eigenvalue weighted by Crippen LogP contribution is -2.47. The van der Waals surface area contributed by atoms with Crippen molar-refractivity contribution in [3.63, 3.8) is 0 Å². The molecule has 6 nitrogen and oxygen atoms in total. The van der Waals surface area contributed by atoms with Crippen LogP contribution in [0.2, 0.25) is 0 Å². The fraction of sp³-hybridized carbons (Fsp3) is 0.429. The van der Waals surface area contributed by atoms with Crippen LogP contribution in [0.4, 0.5) is 0 Å². The van der Waals surface area contributed by atoms with Crippen LogP contribution in [0.3, 0.4) is 0 Å². The zero-order valence-corrected chi connectivity index (χ0v) is 12.5. The molecular formula is C14H17NO5S. The van der Waals surface area contributed by atoms with Crippen molar-refractivity contribution >= 4 is 23.6 Å². The molecular weight excluding hydrogens is 294 g/mol. The number of phenols is 2. The summed E-state index contributed by atoms with van der Waals surface area (Å²) >= 11 is 1.41. The monoisotopic (exact) mass is 311 g/mol. The minimum Gasteiger partial charge on any atom is -0.508 e. The molecule has 2 rings (SSSR count). The average molecular weight is 311 g/mol. The Balaban J connectivity index is 2.41. The molecule has 1 fully saturated rings. The largest absolute Gasteiger partial charge is 0.508 e. The van der Waals surface area contributed by atoms with Gasteiger partial charge in [0.25, 0.3) is 5.91 Å². The summed E-state index contributed by atoms with van der Waals surface area (Å²) in [5.74, 6) is -1.71. The lowest BCUT2D eigenvalue weighted by molar-refractivity contribution is -0.141. The third kappa shape index (κ3) is 2.92. The normalized spacial score (nSPS) is 21.8.